The molecule has 0 bridgehead atoms. The molecule has 1 saturated heterocycles. The van der Waals surface area contributed by atoms with Crippen molar-refractivity contribution >= 4 is 31.6 Å². The summed E-state index contributed by atoms with van der Waals surface area (Å²) >= 11 is 0. The molecule has 2 N–H and O–H groups in total. The van der Waals surface area contributed by atoms with Crippen LogP contribution < -0.4 is 14.8 Å². The highest BCUT2D eigenvalue weighted by molar-refractivity contribution is 7.92. The third-order valence-corrected chi connectivity index (χ3v) is 9.27. The van der Waals surface area contributed by atoms with Crippen molar-refractivity contribution in [3.05, 3.63) is 83.9 Å². The lowest BCUT2D eigenvalue weighted by atomic mass is 10.1. The van der Waals surface area contributed by atoms with Gasteiger partial charge in [0.2, 0.25) is 10.0 Å². The summed E-state index contributed by atoms with van der Waals surface area (Å²) in [5, 5.41) is 2.74. The fraction of sp³-hybridized carbons (Fsp3) is 0.269. The molecule has 3 aromatic rings. The van der Waals surface area contributed by atoms with Gasteiger partial charge in [-0.15, -0.1) is 0 Å². The Balaban J connectivity index is 1.30. The van der Waals surface area contributed by atoms with E-state index < -0.39 is 20.0 Å². The first-order valence-electron chi connectivity index (χ1n) is 11.9. The van der Waals surface area contributed by atoms with Crippen LogP contribution in [0.25, 0.3) is 0 Å². The van der Waals surface area contributed by atoms with Gasteiger partial charge < -0.3 is 10.1 Å². The van der Waals surface area contributed by atoms with Gasteiger partial charge in [0.25, 0.3) is 15.9 Å². The second-order valence-corrected chi connectivity index (χ2v) is 12.3. The molecule has 9 nitrogen and oxygen atoms in total. The number of amides is 1. The number of nitrogens with zero attached hydrogens (tertiary/aromatic N) is 1. The minimum atomic E-state index is -3.79. The highest BCUT2D eigenvalue weighted by Gasteiger charge is 2.27. The topological polar surface area (TPSA) is 122 Å². The first kappa shape index (κ1) is 26.6. The molecule has 37 heavy (non-hydrogen) atoms. The molecule has 0 saturated carbocycles. The van der Waals surface area contributed by atoms with E-state index in [0.717, 1.165) is 12.8 Å². The third kappa shape index (κ3) is 6.48. The second kappa shape index (κ2) is 11.3. The number of nitrogens with one attached hydrogen (secondary N) is 2. The van der Waals surface area contributed by atoms with E-state index in [1.807, 2.05) is 0 Å². The summed E-state index contributed by atoms with van der Waals surface area (Å²) in [6.45, 7) is 3.21. The molecule has 1 aliphatic rings. The number of ether oxygens (including phenoxy) is 1. The summed E-state index contributed by atoms with van der Waals surface area (Å²) in [6, 6.07) is 19.0. The van der Waals surface area contributed by atoms with Crippen LogP contribution in [0.3, 0.4) is 0 Å². The normalized spacial score (nSPS) is 14.3. The number of anilines is 1. The average molecular weight is 544 g/mol. The number of carbonyl (C=O) groups excluding carboxylic acids is 1. The van der Waals surface area contributed by atoms with Gasteiger partial charge in [0.15, 0.2) is 0 Å². The largest absolute Gasteiger partial charge is 0.492 e. The van der Waals surface area contributed by atoms with Crippen molar-refractivity contribution in [2.75, 3.05) is 31.0 Å². The predicted octanol–water partition coefficient (Wildman–Crippen LogP) is 3.39. The van der Waals surface area contributed by atoms with Gasteiger partial charge in [0, 0.05) is 18.7 Å². The van der Waals surface area contributed by atoms with Crippen LogP contribution in [0.5, 0.6) is 5.75 Å². The van der Waals surface area contributed by atoms with E-state index >= 15 is 0 Å². The Morgan fingerprint density at radius 1 is 0.892 bits per heavy atom. The molecule has 0 radical (unpaired) electrons. The number of aryl methyl sites for hydroxylation is 1. The summed E-state index contributed by atoms with van der Waals surface area (Å²) < 4.78 is 60.2. The van der Waals surface area contributed by atoms with Crippen LogP contribution in [0.2, 0.25) is 0 Å². The van der Waals surface area contributed by atoms with E-state index in [4.69, 9.17) is 4.74 Å². The molecular formula is C26H29N3O6S2. The van der Waals surface area contributed by atoms with E-state index in [-0.39, 0.29) is 28.8 Å². The maximum Gasteiger partial charge on any atom is 0.261 e. The molecule has 4 rings (SSSR count). The quantitative estimate of drug-likeness (QED) is 0.378. The van der Waals surface area contributed by atoms with Crippen molar-refractivity contribution in [2.45, 2.75) is 29.6 Å². The third-order valence-electron chi connectivity index (χ3n) is 5.98. The average Bonchev–Trinajstić information content (AvgIpc) is 3.45. The van der Waals surface area contributed by atoms with Gasteiger partial charge in [-0.3, -0.25) is 9.52 Å². The molecule has 0 spiro atoms. The zero-order chi connectivity index (χ0) is 26.5. The zero-order valence-electron chi connectivity index (χ0n) is 20.4. The minimum absolute atomic E-state index is 0.128. The number of sulfonamides is 2. The van der Waals surface area contributed by atoms with Crippen LogP contribution in [-0.4, -0.2) is 53.3 Å². The molecule has 0 atom stereocenters. The van der Waals surface area contributed by atoms with Crippen LogP contribution in [0, 0.1) is 6.92 Å². The maximum absolute atomic E-state index is 12.7. The zero-order valence-corrected chi connectivity index (χ0v) is 22.0. The van der Waals surface area contributed by atoms with Gasteiger partial charge in [0.1, 0.15) is 12.4 Å². The summed E-state index contributed by atoms with van der Waals surface area (Å²) in [7, 11) is -7.27. The summed E-state index contributed by atoms with van der Waals surface area (Å²) in [6.07, 6.45) is 1.75. The Hall–Kier alpha value is -3.41. The highest BCUT2D eigenvalue weighted by Crippen LogP contribution is 2.23. The smallest absolute Gasteiger partial charge is 0.261 e. The van der Waals surface area contributed by atoms with E-state index in [2.05, 4.69) is 10.0 Å². The Kier molecular flexibility index (Phi) is 8.16. The summed E-state index contributed by atoms with van der Waals surface area (Å²) in [4.78, 5) is 13.0. The Labute approximate surface area is 217 Å². The fourth-order valence-electron chi connectivity index (χ4n) is 3.90. The maximum atomic E-state index is 12.7. The van der Waals surface area contributed by atoms with Gasteiger partial charge in [-0.25, -0.2) is 16.8 Å². The summed E-state index contributed by atoms with van der Waals surface area (Å²) in [5.74, 6) is 0.110. The standard InChI is InChI=1S/C26H29N3O6S2/c1-20-9-10-21(19-25(20)28-36(31,32)23-7-3-2-4-8-23)26(30)27-15-18-35-22-11-13-24(14-12-22)37(33,34)29-16-5-6-17-29/h2-4,7-14,19,28H,5-6,15-18H2,1H3,(H,27,30). The lowest BCUT2D eigenvalue weighted by Crippen LogP contribution is -2.28. The van der Waals surface area contributed by atoms with Crippen molar-refractivity contribution in [3.63, 3.8) is 0 Å². The number of benzene rings is 3. The van der Waals surface area contributed by atoms with Crippen molar-refractivity contribution < 1.29 is 26.4 Å². The van der Waals surface area contributed by atoms with Crippen LogP contribution >= 0.6 is 0 Å². The fourth-order valence-corrected chi connectivity index (χ4v) is 6.56. The molecule has 0 aliphatic carbocycles. The Bertz CT molecular complexity index is 1450. The van der Waals surface area contributed by atoms with Gasteiger partial charge >= 0.3 is 0 Å². The van der Waals surface area contributed by atoms with Gasteiger partial charge in [-0.2, -0.15) is 4.31 Å². The number of hydrogen-bond acceptors (Lipinski definition) is 6. The predicted molar refractivity (Wildman–Crippen MR) is 141 cm³/mol. The summed E-state index contributed by atoms with van der Waals surface area (Å²) in [5.41, 5.74) is 1.29. The lowest BCUT2D eigenvalue weighted by molar-refractivity contribution is 0.0947. The van der Waals surface area contributed by atoms with Gasteiger partial charge in [-0.05, 0) is 73.9 Å². The Morgan fingerprint density at radius 3 is 2.24 bits per heavy atom. The van der Waals surface area contributed by atoms with Crippen molar-refractivity contribution in [1.29, 1.82) is 0 Å². The monoisotopic (exact) mass is 543 g/mol. The van der Waals surface area contributed by atoms with E-state index in [1.54, 1.807) is 49.4 Å². The molecule has 0 unspecified atom stereocenters. The number of carbonyl (C=O) groups is 1. The molecule has 11 heteroatoms. The second-order valence-electron chi connectivity index (χ2n) is 8.64. The molecule has 1 fully saturated rings. The first-order valence-corrected chi connectivity index (χ1v) is 14.8. The van der Waals surface area contributed by atoms with Crippen LogP contribution in [0.1, 0.15) is 28.8 Å². The minimum Gasteiger partial charge on any atom is -0.492 e. The van der Waals surface area contributed by atoms with Crippen LogP contribution in [0.4, 0.5) is 5.69 Å². The molecule has 3 aromatic carbocycles. The lowest BCUT2D eigenvalue weighted by Gasteiger charge is -2.15. The van der Waals surface area contributed by atoms with Gasteiger partial charge in [-0.1, -0.05) is 24.3 Å². The highest BCUT2D eigenvalue weighted by atomic mass is 32.2. The van der Waals surface area contributed by atoms with Crippen molar-refractivity contribution in [1.82, 2.24) is 9.62 Å². The molecule has 1 heterocycles. The number of hydrogen-bond donors (Lipinski definition) is 2. The molecule has 1 aliphatic heterocycles. The molecular weight excluding hydrogens is 514 g/mol. The van der Waals surface area contributed by atoms with Crippen molar-refractivity contribution in [2.24, 2.45) is 0 Å². The van der Waals surface area contributed by atoms with Crippen molar-refractivity contribution in [3.8, 4) is 5.75 Å². The molecule has 0 aromatic heterocycles. The first-order chi connectivity index (χ1) is 17.7. The number of rotatable bonds is 10. The van der Waals surface area contributed by atoms with Gasteiger partial charge in [0.05, 0.1) is 22.0 Å². The molecule has 1 amide bonds. The SMILES string of the molecule is Cc1ccc(C(=O)NCCOc2ccc(S(=O)(=O)N3CCCC3)cc2)cc1NS(=O)(=O)c1ccccc1. The van der Waals surface area contributed by atoms with Crippen LogP contribution in [0.15, 0.2) is 82.6 Å². The van der Waals surface area contributed by atoms with Crippen LogP contribution in [-0.2, 0) is 20.0 Å². The van der Waals surface area contributed by atoms with E-state index in [1.165, 1.54) is 34.6 Å². The molecule has 196 valence electrons. The Morgan fingerprint density at radius 2 is 1.57 bits per heavy atom. The van der Waals surface area contributed by atoms with E-state index in [0.29, 0.717) is 35.7 Å². The van der Waals surface area contributed by atoms with E-state index in [9.17, 15) is 21.6 Å².